The summed E-state index contributed by atoms with van der Waals surface area (Å²) < 4.78 is 4.94. The second kappa shape index (κ2) is 31.9. The Hall–Kier alpha value is -8.18. The van der Waals surface area contributed by atoms with E-state index in [1.54, 1.807) is 107 Å². The van der Waals surface area contributed by atoms with Crippen molar-refractivity contribution in [2.45, 2.75) is 33.1 Å². The van der Waals surface area contributed by atoms with Crippen LogP contribution in [0.1, 0.15) is 71.0 Å². The third-order valence-electron chi connectivity index (χ3n) is 10.2. The molecule has 2 aliphatic rings. The van der Waals surface area contributed by atoms with Gasteiger partial charge in [0.25, 0.3) is 11.8 Å². The number of fused-ring (bicyclic) bond motifs is 2. The molecule has 0 radical (unpaired) electrons. The first-order valence-electron chi connectivity index (χ1n) is 23.2. The number of aromatic nitrogens is 3. The molecule has 1 fully saturated rings. The van der Waals surface area contributed by atoms with Crippen LogP contribution >= 0.6 is 11.6 Å². The number of nitrogen functional groups attached to an aromatic ring is 2. The molecule has 2 amide bonds. The molecule has 4 aromatic carbocycles. The summed E-state index contributed by atoms with van der Waals surface area (Å²) in [5.74, 6) is -0.927. The first kappa shape index (κ1) is 59.1. The number of carboxylic acids is 1. The van der Waals surface area contributed by atoms with Gasteiger partial charge in [0.05, 0.1) is 51.2 Å². The van der Waals surface area contributed by atoms with Gasteiger partial charge in [-0.05, 0) is 124 Å². The van der Waals surface area contributed by atoms with E-state index in [-0.39, 0.29) is 23.2 Å². The molecule has 1 saturated heterocycles. The molecular formula is C56H67ClN10O6. The molecule has 0 bridgehead atoms. The van der Waals surface area contributed by atoms with Crippen molar-refractivity contribution in [3.8, 4) is 0 Å². The van der Waals surface area contributed by atoms with E-state index in [4.69, 9.17) is 32.9 Å². The smallest absolute Gasteiger partial charge is 0.337 e. The topological polar surface area (TPSA) is 231 Å². The Balaban J connectivity index is 0.000000238. The van der Waals surface area contributed by atoms with E-state index in [1.807, 2.05) is 101 Å². The molecule has 7 aromatic rings. The zero-order valence-corrected chi connectivity index (χ0v) is 43.5. The molecule has 0 unspecified atom stereocenters. The molecule has 0 spiro atoms. The van der Waals surface area contributed by atoms with E-state index < -0.39 is 5.97 Å². The van der Waals surface area contributed by atoms with Crippen molar-refractivity contribution in [1.82, 2.24) is 30.1 Å². The van der Waals surface area contributed by atoms with Crippen LogP contribution in [0, 0.1) is 13.8 Å². The summed E-state index contributed by atoms with van der Waals surface area (Å²) in [5, 5.41) is 18.5. The van der Waals surface area contributed by atoms with Crippen molar-refractivity contribution in [1.29, 1.82) is 0 Å². The van der Waals surface area contributed by atoms with E-state index in [0.29, 0.717) is 28.9 Å². The predicted molar refractivity (Wildman–Crippen MR) is 294 cm³/mol. The van der Waals surface area contributed by atoms with Gasteiger partial charge in [0.15, 0.2) is 5.78 Å². The van der Waals surface area contributed by atoms with Gasteiger partial charge in [0, 0.05) is 95.2 Å². The van der Waals surface area contributed by atoms with Gasteiger partial charge in [0.1, 0.15) is 0 Å². The minimum atomic E-state index is -0.988. The number of nitrogens with zero attached hydrogens (tertiary/aromatic N) is 5. The zero-order chi connectivity index (χ0) is 53.7. The number of ether oxygens (including phenoxy) is 1. The van der Waals surface area contributed by atoms with Crippen molar-refractivity contribution in [2.75, 3.05) is 77.6 Å². The van der Waals surface area contributed by atoms with Gasteiger partial charge in [-0.1, -0.05) is 60.1 Å². The van der Waals surface area contributed by atoms with Crippen LogP contribution in [-0.2, 0) is 11.2 Å². The second-order valence-electron chi connectivity index (χ2n) is 16.5. The number of anilines is 6. The summed E-state index contributed by atoms with van der Waals surface area (Å²) in [4.78, 5) is 60.9. The van der Waals surface area contributed by atoms with Crippen LogP contribution in [-0.4, -0.2) is 109 Å². The number of hydrogen-bond donors (Lipinski definition) is 6. The number of hydrogen-bond acceptors (Lipinski definition) is 13. The van der Waals surface area contributed by atoms with E-state index in [1.165, 1.54) is 23.8 Å². The number of aryl methyl sites for hydroxylation is 2. The lowest BCUT2D eigenvalue weighted by Crippen LogP contribution is -2.22. The fourth-order valence-electron chi connectivity index (χ4n) is 6.28. The quantitative estimate of drug-likeness (QED) is 0.0882. The van der Waals surface area contributed by atoms with Crippen LogP contribution in [0.2, 0.25) is 5.02 Å². The number of aromatic carboxylic acids is 1. The molecule has 3 aromatic heterocycles. The van der Waals surface area contributed by atoms with E-state index in [0.717, 1.165) is 63.2 Å². The molecule has 2 aliphatic heterocycles. The number of nitrogens with two attached hydrogens (primary N) is 2. The molecule has 17 heteroatoms. The molecular weight excluding hydrogens is 944 g/mol. The highest BCUT2D eigenvalue weighted by molar-refractivity contribution is 6.31. The summed E-state index contributed by atoms with van der Waals surface area (Å²) in [7, 11) is 10.6. The maximum absolute atomic E-state index is 12.1. The van der Waals surface area contributed by atoms with Crippen LogP contribution in [0.15, 0.2) is 152 Å². The predicted octanol–water partition coefficient (Wildman–Crippen LogP) is 10.0. The monoisotopic (exact) mass is 1010 g/mol. The van der Waals surface area contributed by atoms with Gasteiger partial charge in [-0.2, -0.15) is 0 Å². The number of carbonyl (C=O) groups is 4. The molecule has 5 heterocycles. The van der Waals surface area contributed by atoms with Crippen LogP contribution in [0.5, 0.6) is 0 Å². The number of halogens is 1. The average Bonchev–Trinajstić information content (AvgIpc) is 3.94. The van der Waals surface area contributed by atoms with Crippen molar-refractivity contribution in [2.24, 2.45) is 0 Å². The lowest BCUT2D eigenvalue weighted by atomic mass is 10.0. The Labute approximate surface area is 433 Å². The minimum absolute atomic E-state index is 0.0235. The van der Waals surface area contributed by atoms with E-state index >= 15 is 0 Å². The SMILES string of the molecule is C1CCOC1.CN(C)C(=O)c1ccccc1N.CNC.Cc1ccncc1Cl.Cc1ccncc1Nc1ccccc1C(=O)N(C)C.Nc1ccccc1C(=O)O.O=C1Cc2ccncc2Nc2ccccc21. The van der Waals surface area contributed by atoms with Crippen molar-refractivity contribution in [3.05, 3.63) is 196 Å². The number of carboxylic acid groups (broad SMARTS) is 1. The maximum atomic E-state index is 12.1. The van der Waals surface area contributed by atoms with Crippen molar-refractivity contribution >= 4 is 69.3 Å². The zero-order valence-electron chi connectivity index (χ0n) is 42.7. The number of rotatable bonds is 5. The summed E-state index contributed by atoms with van der Waals surface area (Å²) >= 11 is 5.65. The minimum Gasteiger partial charge on any atom is -0.478 e. The number of para-hydroxylation sites is 4. The summed E-state index contributed by atoms with van der Waals surface area (Å²) in [6.07, 6.45) is 13.3. The van der Waals surface area contributed by atoms with Crippen molar-refractivity contribution in [3.63, 3.8) is 0 Å². The number of benzene rings is 4. The van der Waals surface area contributed by atoms with Crippen LogP contribution in [0.25, 0.3) is 0 Å². The highest BCUT2D eigenvalue weighted by atomic mass is 35.5. The standard InChI is InChI=1S/C15H17N3O.C13H10N2O.C9H12N2O.C7H7NO2.C6H6ClN.C4H8O.C2H7N/c1-11-8-9-16-10-14(11)17-13-7-5-4-6-12(13)15(19)18(2)3;16-13-7-9-5-6-14-8-12(9)15-11-4-2-1-3-10(11)13;1-11(2)9(12)7-5-3-4-6-8(7)10;8-6-4-2-1-3-5(6)7(9)10;1-5-2-3-8-4-6(5)7;1-2-4-5-3-1;1-3-2/h4-10,17H,1-3H3;1-6,8,15H,7H2;3-6H,10H2,1-2H3;1-4H,8H2,(H,9,10);2-4H,1H3;1-4H2;3H,1-2H3. The first-order valence-corrected chi connectivity index (χ1v) is 23.5. The van der Waals surface area contributed by atoms with Gasteiger partial charge in [-0.3, -0.25) is 29.3 Å². The highest BCUT2D eigenvalue weighted by Crippen LogP contribution is 2.29. The Morgan fingerprint density at radius 2 is 1.12 bits per heavy atom. The lowest BCUT2D eigenvalue weighted by Gasteiger charge is -2.16. The lowest BCUT2D eigenvalue weighted by molar-refractivity contribution is 0.0696. The van der Waals surface area contributed by atoms with E-state index in [9.17, 15) is 19.2 Å². The third-order valence-corrected chi connectivity index (χ3v) is 10.6. The van der Waals surface area contributed by atoms with Gasteiger partial charge in [-0.25, -0.2) is 4.79 Å². The molecule has 0 aliphatic carbocycles. The van der Waals surface area contributed by atoms with Crippen molar-refractivity contribution < 1.29 is 29.0 Å². The number of amides is 2. The summed E-state index contributed by atoms with van der Waals surface area (Å²) in [5.41, 5.74) is 20.5. The second-order valence-corrected chi connectivity index (χ2v) is 16.9. The van der Waals surface area contributed by atoms with Gasteiger partial charge in [-0.15, -0.1) is 0 Å². The number of nitrogens with one attached hydrogen (secondary N) is 3. The van der Waals surface area contributed by atoms with Gasteiger partial charge >= 0.3 is 5.97 Å². The fraction of sp³-hybridized carbons (Fsp3) is 0.232. The third kappa shape index (κ3) is 20.2. The van der Waals surface area contributed by atoms with Gasteiger partial charge in [0.2, 0.25) is 0 Å². The summed E-state index contributed by atoms with van der Waals surface area (Å²) in [6, 6.07) is 34.1. The number of ketones is 1. The molecule has 8 N–H and O–H groups in total. The molecule has 0 saturated carbocycles. The molecule has 73 heavy (non-hydrogen) atoms. The van der Waals surface area contributed by atoms with Gasteiger partial charge < -0.3 is 47.1 Å². The normalized spacial score (nSPS) is 11.3. The molecule has 9 rings (SSSR count). The molecule has 0 atom stereocenters. The Morgan fingerprint density at radius 3 is 1.63 bits per heavy atom. The Kier molecular flexibility index (Phi) is 25.9. The molecule has 384 valence electrons. The first-order chi connectivity index (χ1) is 35.0. The highest BCUT2D eigenvalue weighted by Gasteiger charge is 2.19. The number of carbonyl (C=O) groups excluding carboxylic acids is 3. The number of pyridine rings is 3. The molecule has 16 nitrogen and oxygen atoms in total. The van der Waals surface area contributed by atoms with Crippen LogP contribution in [0.3, 0.4) is 0 Å². The average molecular weight is 1010 g/mol. The largest absolute Gasteiger partial charge is 0.478 e. The maximum Gasteiger partial charge on any atom is 0.337 e. The fourth-order valence-corrected chi connectivity index (χ4v) is 6.40. The number of Topliss-reactive ketones (excluding diaryl/α,β-unsaturated/α-hetero) is 1. The summed E-state index contributed by atoms with van der Waals surface area (Å²) in [6.45, 7) is 5.95. The van der Waals surface area contributed by atoms with E-state index in [2.05, 4.69) is 30.9 Å². The van der Waals surface area contributed by atoms with Crippen LogP contribution < -0.4 is 27.4 Å². The Bertz CT molecular complexity index is 2810. The van der Waals surface area contributed by atoms with Crippen LogP contribution in [0.4, 0.5) is 34.1 Å². The Morgan fingerprint density at radius 1 is 0.630 bits per heavy atom.